The van der Waals surface area contributed by atoms with E-state index in [0.29, 0.717) is 48.9 Å². The van der Waals surface area contributed by atoms with Crippen molar-refractivity contribution in [3.8, 4) is 11.5 Å². The van der Waals surface area contributed by atoms with Gasteiger partial charge in [-0.15, -0.1) is 0 Å². The topological polar surface area (TPSA) is 84.7 Å². The number of hydrogen-bond acceptors (Lipinski definition) is 7. The number of halogens is 1. The molecular weight excluding hydrogens is 590 g/mol. The number of methoxy groups -OCH3 is 2. The lowest BCUT2D eigenvalue weighted by Gasteiger charge is -2.30. The van der Waals surface area contributed by atoms with Crippen LogP contribution in [-0.2, 0) is 22.5 Å². The van der Waals surface area contributed by atoms with Gasteiger partial charge < -0.3 is 28.4 Å². The summed E-state index contributed by atoms with van der Waals surface area (Å²) in [6.45, 7) is 5.25. The molecule has 0 radical (unpaired) electrons. The van der Waals surface area contributed by atoms with Gasteiger partial charge in [0.15, 0.2) is 11.5 Å². The Morgan fingerprint density at radius 3 is 2.46 bits per heavy atom. The van der Waals surface area contributed by atoms with E-state index in [-0.39, 0.29) is 18.4 Å². The monoisotopic (exact) mass is 627 g/mol. The second-order valence-corrected chi connectivity index (χ2v) is 10.8. The van der Waals surface area contributed by atoms with E-state index in [1.165, 1.54) is 0 Å². The Morgan fingerprint density at radius 1 is 0.951 bits per heavy atom. The summed E-state index contributed by atoms with van der Waals surface area (Å²) in [5.74, 6) is 1.66. The summed E-state index contributed by atoms with van der Waals surface area (Å²) in [5, 5.41) is 0. The molecule has 2 heterocycles. The normalized spacial score (nSPS) is 13.5. The summed E-state index contributed by atoms with van der Waals surface area (Å²) >= 11 is 3.46. The maximum atomic E-state index is 13.8. The van der Waals surface area contributed by atoms with Gasteiger partial charge >= 0.3 is 0 Å². The summed E-state index contributed by atoms with van der Waals surface area (Å²) in [5.41, 5.74) is 1.55. The standard InChI is InChI=1S/C31H38BrN3O6/c1-38-28-10-9-24(20-29(28)39-2)11-14-34(22-27-8-4-17-41-27)30(36)23-35(13-5-12-33-15-18-40-19-16-33)31(37)25-6-3-7-26(32)21-25/h3-4,6-10,17,20-21H,5,11-16,18-19,22-23H2,1-2H3. The molecule has 41 heavy (non-hydrogen) atoms. The minimum absolute atomic E-state index is 0.0267. The number of furan rings is 1. The van der Waals surface area contributed by atoms with Gasteiger partial charge in [-0.05, 0) is 60.9 Å². The predicted molar refractivity (Wildman–Crippen MR) is 159 cm³/mol. The van der Waals surface area contributed by atoms with Gasteiger partial charge in [-0.1, -0.05) is 28.1 Å². The van der Waals surface area contributed by atoms with Crippen molar-refractivity contribution in [3.63, 3.8) is 0 Å². The average molecular weight is 629 g/mol. The molecule has 0 atom stereocenters. The van der Waals surface area contributed by atoms with Gasteiger partial charge in [0.2, 0.25) is 5.91 Å². The van der Waals surface area contributed by atoms with E-state index in [0.717, 1.165) is 49.3 Å². The number of hydrogen-bond donors (Lipinski definition) is 0. The van der Waals surface area contributed by atoms with Crippen LogP contribution in [0.3, 0.4) is 0 Å². The maximum absolute atomic E-state index is 13.8. The number of carbonyl (C=O) groups excluding carboxylic acids is 2. The summed E-state index contributed by atoms with van der Waals surface area (Å²) in [4.78, 5) is 33.2. The van der Waals surface area contributed by atoms with Gasteiger partial charge in [0.05, 0.1) is 40.2 Å². The fourth-order valence-corrected chi connectivity index (χ4v) is 5.21. The second kappa shape index (κ2) is 15.6. The Labute approximate surface area is 250 Å². The number of ether oxygens (including phenoxy) is 3. The number of rotatable bonds is 14. The smallest absolute Gasteiger partial charge is 0.254 e. The van der Waals surface area contributed by atoms with E-state index in [9.17, 15) is 9.59 Å². The average Bonchev–Trinajstić information content (AvgIpc) is 3.52. The highest BCUT2D eigenvalue weighted by molar-refractivity contribution is 9.10. The Balaban J connectivity index is 1.48. The molecule has 2 aromatic carbocycles. The molecule has 9 nitrogen and oxygen atoms in total. The minimum Gasteiger partial charge on any atom is -0.493 e. The number of amides is 2. The van der Waals surface area contributed by atoms with Crippen LogP contribution in [0.1, 0.15) is 28.1 Å². The first-order chi connectivity index (χ1) is 20.0. The third-order valence-corrected chi connectivity index (χ3v) is 7.58. The molecule has 0 spiro atoms. The molecule has 4 rings (SSSR count). The van der Waals surface area contributed by atoms with Crippen molar-refractivity contribution in [1.82, 2.24) is 14.7 Å². The molecule has 1 aromatic heterocycles. The van der Waals surface area contributed by atoms with Crippen LogP contribution in [0, 0.1) is 0 Å². The largest absolute Gasteiger partial charge is 0.493 e. The lowest BCUT2D eigenvalue weighted by atomic mass is 10.1. The Morgan fingerprint density at radius 2 is 1.76 bits per heavy atom. The molecule has 1 aliphatic heterocycles. The number of carbonyl (C=O) groups is 2. The molecule has 10 heteroatoms. The lowest BCUT2D eigenvalue weighted by Crippen LogP contribution is -2.44. The molecule has 2 amide bonds. The van der Waals surface area contributed by atoms with E-state index < -0.39 is 0 Å². The van der Waals surface area contributed by atoms with Crippen molar-refractivity contribution in [2.45, 2.75) is 19.4 Å². The third kappa shape index (κ3) is 9.08. The summed E-state index contributed by atoms with van der Waals surface area (Å²) in [6.07, 6.45) is 2.96. The predicted octanol–water partition coefficient (Wildman–Crippen LogP) is 4.50. The lowest BCUT2D eigenvalue weighted by molar-refractivity contribution is -0.132. The third-order valence-electron chi connectivity index (χ3n) is 7.09. The quantitative estimate of drug-likeness (QED) is 0.260. The van der Waals surface area contributed by atoms with E-state index in [4.69, 9.17) is 18.6 Å². The summed E-state index contributed by atoms with van der Waals surface area (Å²) in [7, 11) is 3.20. The molecule has 0 aliphatic carbocycles. The fourth-order valence-electron chi connectivity index (χ4n) is 4.81. The highest BCUT2D eigenvalue weighted by Gasteiger charge is 2.24. The van der Waals surface area contributed by atoms with Crippen LogP contribution in [0.25, 0.3) is 0 Å². The van der Waals surface area contributed by atoms with Crippen LogP contribution in [0.4, 0.5) is 0 Å². The van der Waals surface area contributed by atoms with Crippen LogP contribution in [-0.4, -0.2) is 93.2 Å². The van der Waals surface area contributed by atoms with Crippen LogP contribution < -0.4 is 9.47 Å². The first-order valence-electron chi connectivity index (χ1n) is 13.8. The van der Waals surface area contributed by atoms with Gasteiger partial charge in [0, 0.05) is 42.8 Å². The fraction of sp³-hybridized carbons (Fsp3) is 0.419. The van der Waals surface area contributed by atoms with E-state index >= 15 is 0 Å². The van der Waals surface area contributed by atoms with Crippen molar-refractivity contribution in [2.75, 3.05) is 66.7 Å². The molecule has 220 valence electrons. The number of nitrogens with zero attached hydrogens (tertiary/aromatic N) is 3. The van der Waals surface area contributed by atoms with Gasteiger partial charge in [-0.2, -0.15) is 0 Å². The molecule has 0 N–H and O–H groups in total. The zero-order valence-corrected chi connectivity index (χ0v) is 25.3. The zero-order valence-electron chi connectivity index (χ0n) is 23.7. The van der Waals surface area contributed by atoms with E-state index in [1.54, 1.807) is 48.5 Å². The first kappa shape index (κ1) is 30.6. The molecule has 3 aromatic rings. The van der Waals surface area contributed by atoms with Gasteiger partial charge in [-0.3, -0.25) is 14.5 Å². The molecule has 0 unspecified atom stereocenters. The SMILES string of the molecule is COc1ccc(CCN(Cc2ccco2)C(=O)CN(CCCN2CCOCC2)C(=O)c2cccc(Br)c2)cc1OC. The van der Waals surface area contributed by atoms with Crippen molar-refractivity contribution in [2.24, 2.45) is 0 Å². The van der Waals surface area contributed by atoms with E-state index in [1.807, 2.05) is 36.4 Å². The molecule has 0 saturated carbocycles. The Bertz CT molecular complexity index is 1260. The molecule has 1 aliphatic rings. The van der Waals surface area contributed by atoms with E-state index in [2.05, 4.69) is 20.8 Å². The maximum Gasteiger partial charge on any atom is 0.254 e. The summed E-state index contributed by atoms with van der Waals surface area (Å²) in [6, 6.07) is 16.7. The second-order valence-electron chi connectivity index (χ2n) is 9.88. The molecule has 0 bridgehead atoms. The van der Waals surface area contributed by atoms with Crippen molar-refractivity contribution in [3.05, 3.63) is 82.2 Å². The van der Waals surface area contributed by atoms with Gasteiger partial charge in [0.1, 0.15) is 12.3 Å². The highest BCUT2D eigenvalue weighted by atomic mass is 79.9. The number of morpholine rings is 1. The van der Waals surface area contributed by atoms with Crippen molar-refractivity contribution < 1.29 is 28.2 Å². The van der Waals surface area contributed by atoms with Gasteiger partial charge in [0.25, 0.3) is 5.91 Å². The Kier molecular flexibility index (Phi) is 11.7. The first-order valence-corrected chi connectivity index (χ1v) is 14.6. The van der Waals surface area contributed by atoms with Gasteiger partial charge in [-0.25, -0.2) is 0 Å². The van der Waals surface area contributed by atoms with Crippen molar-refractivity contribution >= 4 is 27.7 Å². The van der Waals surface area contributed by atoms with Crippen LogP contribution >= 0.6 is 15.9 Å². The zero-order chi connectivity index (χ0) is 29.0. The molecule has 1 saturated heterocycles. The minimum atomic E-state index is -0.167. The summed E-state index contributed by atoms with van der Waals surface area (Å²) < 4.78 is 22.6. The Hall–Kier alpha value is -3.34. The molecule has 1 fully saturated rings. The number of benzene rings is 2. The van der Waals surface area contributed by atoms with Crippen molar-refractivity contribution in [1.29, 1.82) is 0 Å². The van der Waals surface area contributed by atoms with Crippen LogP contribution in [0.2, 0.25) is 0 Å². The molecular formula is C31H38BrN3O6. The van der Waals surface area contributed by atoms with Crippen LogP contribution in [0.5, 0.6) is 11.5 Å². The van der Waals surface area contributed by atoms with Crippen LogP contribution in [0.15, 0.2) is 69.8 Å². The highest BCUT2D eigenvalue weighted by Crippen LogP contribution is 2.28.